The Labute approximate surface area is 92.8 Å². The predicted molar refractivity (Wildman–Crippen MR) is 53.6 cm³/mol. The van der Waals surface area contributed by atoms with Gasteiger partial charge in [0.2, 0.25) is 4.75 Å². The molecule has 0 aromatic heterocycles. The molecule has 7 nitrogen and oxygen atoms in total. The third kappa shape index (κ3) is 3.17. The molecule has 0 rings (SSSR count). The normalized spacial score (nSPS) is 15.8. The Balaban J connectivity index is 5.59. The lowest BCUT2D eigenvalue weighted by Crippen LogP contribution is -2.49. The van der Waals surface area contributed by atoms with Crippen LogP contribution in [0.3, 0.4) is 0 Å². The summed E-state index contributed by atoms with van der Waals surface area (Å²) in [5.41, 5.74) is 0. The minimum absolute atomic E-state index is 0.391. The molecule has 0 amide bonds. The van der Waals surface area contributed by atoms with E-state index in [1.165, 1.54) is 13.8 Å². The monoisotopic (exact) mass is 254 g/mol. The average molecular weight is 254 g/mol. The molecule has 0 aromatic rings. The molecule has 94 valence electrons. The number of hydrogen-bond acceptors (Lipinski definition) is 4. The van der Waals surface area contributed by atoms with Gasteiger partial charge in [0.15, 0.2) is 0 Å². The molecule has 16 heavy (non-hydrogen) atoms. The van der Waals surface area contributed by atoms with Crippen molar-refractivity contribution in [3.8, 4) is 0 Å². The van der Waals surface area contributed by atoms with Gasteiger partial charge in [0.25, 0.3) is 10.1 Å². The first kappa shape index (κ1) is 14.8. The fourth-order valence-corrected chi connectivity index (χ4v) is 2.52. The van der Waals surface area contributed by atoms with Gasteiger partial charge >= 0.3 is 11.9 Å². The van der Waals surface area contributed by atoms with Crippen LogP contribution in [0.5, 0.6) is 0 Å². The molecule has 0 bridgehead atoms. The summed E-state index contributed by atoms with van der Waals surface area (Å²) in [7, 11) is -5.00. The van der Waals surface area contributed by atoms with Crippen molar-refractivity contribution in [2.75, 3.05) is 0 Å². The summed E-state index contributed by atoms with van der Waals surface area (Å²) in [5.74, 6) is -3.84. The van der Waals surface area contributed by atoms with E-state index in [9.17, 15) is 18.0 Å². The molecule has 1 atom stereocenters. The van der Waals surface area contributed by atoms with E-state index in [2.05, 4.69) is 0 Å². The second kappa shape index (κ2) is 4.79. The van der Waals surface area contributed by atoms with E-state index in [1.54, 1.807) is 0 Å². The SMILES string of the molecule is CC(C)CC(CC(=O)O)(C(=O)O)S(=O)(=O)O. The summed E-state index contributed by atoms with van der Waals surface area (Å²) in [6.45, 7) is 3.06. The van der Waals surface area contributed by atoms with Crippen molar-refractivity contribution in [1.82, 2.24) is 0 Å². The van der Waals surface area contributed by atoms with Gasteiger partial charge in [-0.1, -0.05) is 13.8 Å². The number of carboxylic acid groups (broad SMARTS) is 2. The van der Waals surface area contributed by atoms with E-state index in [-0.39, 0.29) is 0 Å². The van der Waals surface area contributed by atoms with Crippen molar-refractivity contribution in [3.05, 3.63) is 0 Å². The second-order valence-electron chi connectivity index (χ2n) is 3.94. The third-order valence-electron chi connectivity index (χ3n) is 2.06. The van der Waals surface area contributed by atoms with Crippen LogP contribution in [-0.4, -0.2) is 39.9 Å². The van der Waals surface area contributed by atoms with E-state index in [0.29, 0.717) is 0 Å². The maximum Gasteiger partial charge on any atom is 0.328 e. The van der Waals surface area contributed by atoms with Gasteiger partial charge in [0.05, 0.1) is 6.42 Å². The molecule has 0 aliphatic carbocycles. The molecular weight excluding hydrogens is 240 g/mol. The fraction of sp³-hybridized carbons (Fsp3) is 0.750. The zero-order valence-electron chi connectivity index (χ0n) is 8.87. The number of carboxylic acids is 2. The van der Waals surface area contributed by atoms with Crippen molar-refractivity contribution in [3.63, 3.8) is 0 Å². The van der Waals surface area contributed by atoms with Crippen molar-refractivity contribution in [2.45, 2.75) is 31.4 Å². The van der Waals surface area contributed by atoms with Gasteiger partial charge in [0, 0.05) is 0 Å². The van der Waals surface area contributed by atoms with Gasteiger partial charge in [-0.05, 0) is 12.3 Å². The lowest BCUT2D eigenvalue weighted by Gasteiger charge is -2.25. The molecule has 0 saturated heterocycles. The lowest BCUT2D eigenvalue weighted by atomic mass is 9.93. The standard InChI is InChI=1S/C8H14O7S/c1-5(2)3-8(7(11)12,4-6(9)10)16(13,14)15/h5H,3-4H2,1-2H3,(H,9,10)(H,11,12)(H,13,14,15). The Morgan fingerprint density at radius 1 is 1.25 bits per heavy atom. The molecule has 1 unspecified atom stereocenters. The number of rotatable bonds is 6. The number of hydrogen-bond donors (Lipinski definition) is 3. The highest BCUT2D eigenvalue weighted by atomic mass is 32.2. The Morgan fingerprint density at radius 3 is 1.88 bits per heavy atom. The summed E-state index contributed by atoms with van der Waals surface area (Å²) in [4.78, 5) is 21.4. The van der Waals surface area contributed by atoms with Gasteiger partial charge in [-0.2, -0.15) is 8.42 Å². The Hall–Kier alpha value is -1.15. The van der Waals surface area contributed by atoms with Crippen molar-refractivity contribution >= 4 is 22.1 Å². The lowest BCUT2D eigenvalue weighted by molar-refractivity contribution is -0.147. The van der Waals surface area contributed by atoms with Crippen LogP contribution in [0, 0.1) is 5.92 Å². The molecule has 0 radical (unpaired) electrons. The molecule has 0 aliphatic heterocycles. The van der Waals surface area contributed by atoms with Crippen LogP contribution < -0.4 is 0 Å². The van der Waals surface area contributed by atoms with E-state index in [0.717, 1.165) is 0 Å². The highest BCUT2D eigenvalue weighted by Crippen LogP contribution is 2.29. The van der Waals surface area contributed by atoms with E-state index >= 15 is 0 Å². The molecule has 0 saturated carbocycles. The molecule has 0 heterocycles. The van der Waals surface area contributed by atoms with Crippen molar-refractivity contribution < 1.29 is 32.8 Å². The van der Waals surface area contributed by atoms with Crippen LogP contribution in [0.25, 0.3) is 0 Å². The van der Waals surface area contributed by atoms with Gasteiger partial charge in [0.1, 0.15) is 0 Å². The minimum atomic E-state index is -5.00. The van der Waals surface area contributed by atoms with Crippen LogP contribution in [-0.2, 0) is 19.7 Å². The number of aliphatic carboxylic acids is 2. The fourth-order valence-electron chi connectivity index (χ4n) is 1.45. The average Bonchev–Trinajstić information content (AvgIpc) is 1.97. The summed E-state index contributed by atoms with van der Waals surface area (Å²) in [5, 5.41) is 17.4. The molecular formula is C8H14O7S. The Kier molecular flexibility index (Phi) is 4.45. The van der Waals surface area contributed by atoms with Crippen molar-refractivity contribution in [2.24, 2.45) is 5.92 Å². The molecule has 0 aliphatic rings. The largest absolute Gasteiger partial charge is 0.481 e. The second-order valence-corrected chi connectivity index (χ2v) is 5.67. The topological polar surface area (TPSA) is 129 Å². The molecule has 8 heteroatoms. The first-order valence-electron chi connectivity index (χ1n) is 4.45. The smallest absolute Gasteiger partial charge is 0.328 e. The zero-order chi connectivity index (χ0) is 13.1. The quantitative estimate of drug-likeness (QED) is 0.578. The molecule has 0 spiro atoms. The van der Waals surface area contributed by atoms with Gasteiger partial charge in [-0.3, -0.25) is 14.1 Å². The predicted octanol–water partition coefficient (Wildman–Crippen LogP) is 0.218. The van der Waals surface area contributed by atoms with E-state index in [1.807, 2.05) is 0 Å². The summed E-state index contributed by atoms with van der Waals surface area (Å²) >= 11 is 0. The van der Waals surface area contributed by atoms with E-state index < -0.39 is 45.6 Å². The number of carbonyl (C=O) groups is 2. The Bertz CT molecular complexity index is 383. The van der Waals surface area contributed by atoms with Crippen LogP contribution >= 0.6 is 0 Å². The van der Waals surface area contributed by atoms with Crippen LogP contribution in [0.15, 0.2) is 0 Å². The van der Waals surface area contributed by atoms with Gasteiger partial charge < -0.3 is 10.2 Å². The highest BCUT2D eigenvalue weighted by molar-refractivity contribution is 7.88. The van der Waals surface area contributed by atoms with Crippen LogP contribution in [0.1, 0.15) is 26.7 Å². The van der Waals surface area contributed by atoms with Crippen molar-refractivity contribution in [1.29, 1.82) is 0 Å². The highest BCUT2D eigenvalue weighted by Gasteiger charge is 2.52. The minimum Gasteiger partial charge on any atom is -0.481 e. The first-order valence-corrected chi connectivity index (χ1v) is 5.89. The first-order chi connectivity index (χ1) is 7.03. The summed E-state index contributed by atoms with van der Waals surface area (Å²) in [6.07, 6.45) is -1.63. The zero-order valence-corrected chi connectivity index (χ0v) is 9.69. The molecule has 3 N–H and O–H groups in total. The van der Waals surface area contributed by atoms with Gasteiger partial charge in [-0.15, -0.1) is 0 Å². The van der Waals surface area contributed by atoms with Gasteiger partial charge in [-0.25, -0.2) is 0 Å². The summed E-state index contributed by atoms with van der Waals surface area (Å²) in [6, 6.07) is 0. The maximum absolute atomic E-state index is 11.1. The molecule has 0 fully saturated rings. The summed E-state index contributed by atoms with van der Waals surface area (Å²) < 4.78 is 28.4. The van der Waals surface area contributed by atoms with E-state index in [4.69, 9.17) is 14.8 Å². The van der Waals surface area contributed by atoms with Crippen LogP contribution in [0.4, 0.5) is 0 Å². The third-order valence-corrected chi connectivity index (χ3v) is 3.53. The van der Waals surface area contributed by atoms with Crippen LogP contribution in [0.2, 0.25) is 0 Å². The molecule has 0 aromatic carbocycles. The Morgan fingerprint density at radius 2 is 1.69 bits per heavy atom. The maximum atomic E-state index is 11.1.